The molecule has 120 valence electrons. The summed E-state index contributed by atoms with van der Waals surface area (Å²) in [5, 5.41) is 12.0. The van der Waals surface area contributed by atoms with E-state index < -0.39 is 41.7 Å². The number of nitrogens with two attached hydrogens (primary N) is 1. The molecule has 1 aliphatic heterocycles. The summed E-state index contributed by atoms with van der Waals surface area (Å²) in [5.74, 6) is -1.16. The lowest BCUT2D eigenvalue weighted by atomic mass is 10.2. The predicted octanol–water partition coefficient (Wildman–Crippen LogP) is -0.653. The van der Waals surface area contributed by atoms with Crippen LogP contribution in [0, 0.1) is 0 Å². The number of aliphatic hydroxyl groups is 1. The second-order valence-electron chi connectivity index (χ2n) is 6.17. The largest absolute Gasteiger partial charge is 0.444 e. The molecule has 0 aliphatic carbocycles. The van der Waals surface area contributed by atoms with Crippen LogP contribution in [0.2, 0.25) is 0 Å². The van der Waals surface area contributed by atoms with Crippen molar-refractivity contribution in [3.05, 3.63) is 0 Å². The molecule has 21 heavy (non-hydrogen) atoms. The second kappa shape index (κ2) is 6.30. The summed E-state index contributed by atoms with van der Waals surface area (Å²) < 4.78 is 5.05. The number of nitrogens with zero attached hydrogens (tertiary/aromatic N) is 1. The van der Waals surface area contributed by atoms with Crippen molar-refractivity contribution in [1.29, 1.82) is 0 Å². The van der Waals surface area contributed by atoms with Crippen LogP contribution in [-0.4, -0.2) is 58.2 Å². The molecule has 0 aromatic rings. The number of carbonyl (C=O) groups is 3. The molecular formula is C13H23N3O5. The third-order valence-corrected chi connectivity index (χ3v) is 2.99. The van der Waals surface area contributed by atoms with Gasteiger partial charge in [-0.3, -0.25) is 9.59 Å². The first kappa shape index (κ1) is 17.2. The van der Waals surface area contributed by atoms with Crippen LogP contribution in [0.15, 0.2) is 0 Å². The molecule has 0 saturated carbocycles. The highest BCUT2D eigenvalue weighted by Crippen LogP contribution is 2.18. The molecular weight excluding hydrogens is 278 g/mol. The number of alkyl carbamates (subject to hydrolysis) is 1. The highest BCUT2D eigenvalue weighted by atomic mass is 16.6. The summed E-state index contributed by atoms with van der Waals surface area (Å²) in [6, 6.07) is -1.73. The van der Waals surface area contributed by atoms with E-state index in [0.29, 0.717) is 0 Å². The zero-order valence-corrected chi connectivity index (χ0v) is 12.8. The molecule has 8 nitrogen and oxygen atoms in total. The highest BCUT2D eigenvalue weighted by molar-refractivity contribution is 5.91. The first-order chi connectivity index (χ1) is 9.51. The van der Waals surface area contributed by atoms with Crippen molar-refractivity contribution >= 4 is 17.9 Å². The Hall–Kier alpha value is -1.83. The Morgan fingerprint density at radius 1 is 1.38 bits per heavy atom. The molecule has 1 saturated heterocycles. The van der Waals surface area contributed by atoms with Crippen LogP contribution < -0.4 is 11.1 Å². The maximum Gasteiger partial charge on any atom is 0.408 e. The van der Waals surface area contributed by atoms with E-state index in [4.69, 9.17) is 10.5 Å². The van der Waals surface area contributed by atoms with Gasteiger partial charge in [0.05, 0.1) is 6.10 Å². The van der Waals surface area contributed by atoms with E-state index in [1.165, 1.54) is 11.8 Å². The molecule has 0 aromatic heterocycles. The molecule has 1 aliphatic rings. The Kier molecular flexibility index (Phi) is 5.16. The number of primary amides is 1. The van der Waals surface area contributed by atoms with Crippen molar-refractivity contribution in [1.82, 2.24) is 10.2 Å². The van der Waals surface area contributed by atoms with Crippen molar-refractivity contribution in [3.63, 3.8) is 0 Å². The molecule has 3 atom stereocenters. The zero-order valence-electron chi connectivity index (χ0n) is 12.8. The molecule has 0 aromatic carbocycles. The normalized spacial score (nSPS) is 23.6. The van der Waals surface area contributed by atoms with Crippen LogP contribution in [0.3, 0.4) is 0 Å². The molecule has 0 spiro atoms. The number of likely N-dealkylation sites (tertiary alicyclic amines) is 1. The van der Waals surface area contributed by atoms with Gasteiger partial charge in [-0.1, -0.05) is 0 Å². The SMILES string of the molecule is C[C@H](NC(=O)OC(C)(C)C)C(=O)N1C[C@H](O)C[C@H]1C(N)=O. The fourth-order valence-corrected chi connectivity index (χ4v) is 2.12. The van der Waals surface area contributed by atoms with Gasteiger partial charge in [-0.25, -0.2) is 4.79 Å². The zero-order chi connectivity index (χ0) is 16.4. The molecule has 3 amide bonds. The minimum Gasteiger partial charge on any atom is -0.444 e. The molecule has 1 rings (SSSR count). The Labute approximate surface area is 123 Å². The lowest BCUT2D eigenvalue weighted by Crippen LogP contribution is -2.52. The van der Waals surface area contributed by atoms with Gasteiger partial charge in [-0.15, -0.1) is 0 Å². The number of ether oxygens (including phenoxy) is 1. The van der Waals surface area contributed by atoms with E-state index in [9.17, 15) is 19.5 Å². The van der Waals surface area contributed by atoms with Crippen molar-refractivity contribution in [3.8, 4) is 0 Å². The van der Waals surface area contributed by atoms with E-state index in [-0.39, 0.29) is 13.0 Å². The van der Waals surface area contributed by atoms with E-state index in [1.807, 2.05) is 0 Å². The standard InChI is InChI=1S/C13H23N3O5/c1-7(15-12(20)21-13(2,3)4)11(19)16-6-8(17)5-9(16)10(14)18/h7-9,17H,5-6H2,1-4H3,(H2,14,18)(H,15,20)/t7-,8+,9-/m0/s1. The van der Waals surface area contributed by atoms with Crippen LogP contribution in [-0.2, 0) is 14.3 Å². The molecule has 0 unspecified atom stereocenters. The van der Waals surface area contributed by atoms with Gasteiger partial charge in [0.2, 0.25) is 11.8 Å². The first-order valence-corrected chi connectivity index (χ1v) is 6.78. The summed E-state index contributed by atoms with van der Waals surface area (Å²) in [4.78, 5) is 36.4. The van der Waals surface area contributed by atoms with Gasteiger partial charge in [0.1, 0.15) is 17.7 Å². The van der Waals surface area contributed by atoms with Crippen LogP contribution >= 0.6 is 0 Å². The third kappa shape index (κ3) is 4.89. The second-order valence-corrected chi connectivity index (χ2v) is 6.17. The van der Waals surface area contributed by atoms with E-state index in [2.05, 4.69) is 5.32 Å². The topological polar surface area (TPSA) is 122 Å². The number of aliphatic hydroxyl groups excluding tert-OH is 1. The summed E-state index contributed by atoms with van der Waals surface area (Å²) >= 11 is 0. The van der Waals surface area contributed by atoms with Crippen molar-refractivity contribution in [2.24, 2.45) is 5.73 Å². The van der Waals surface area contributed by atoms with Crippen LogP contribution in [0.1, 0.15) is 34.1 Å². The number of β-amino-alcohol motifs (C(OH)–C–C–N with tert-alkyl or cyclic N) is 1. The van der Waals surface area contributed by atoms with Gasteiger partial charge in [0, 0.05) is 13.0 Å². The fourth-order valence-electron chi connectivity index (χ4n) is 2.12. The average molecular weight is 301 g/mol. The molecule has 0 radical (unpaired) electrons. The molecule has 8 heteroatoms. The molecule has 4 N–H and O–H groups in total. The maximum absolute atomic E-state index is 12.2. The van der Waals surface area contributed by atoms with Gasteiger partial charge >= 0.3 is 6.09 Å². The van der Waals surface area contributed by atoms with E-state index >= 15 is 0 Å². The third-order valence-electron chi connectivity index (χ3n) is 2.99. The fraction of sp³-hybridized carbons (Fsp3) is 0.769. The Morgan fingerprint density at radius 3 is 2.43 bits per heavy atom. The van der Waals surface area contributed by atoms with E-state index in [0.717, 1.165) is 0 Å². The van der Waals surface area contributed by atoms with Crippen LogP contribution in [0.5, 0.6) is 0 Å². The van der Waals surface area contributed by atoms with Crippen LogP contribution in [0.25, 0.3) is 0 Å². The molecule has 0 bridgehead atoms. The minimum absolute atomic E-state index is 0.0206. The minimum atomic E-state index is -0.882. The molecule has 1 heterocycles. The first-order valence-electron chi connectivity index (χ1n) is 6.78. The van der Waals surface area contributed by atoms with Crippen LogP contribution in [0.4, 0.5) is 4.79 Å². The summed E-state index contributed by atoms with van der Waals surface area (Å²) in [7, 11) is 0. The van der Waals surface area contributed by atoms with Crippen molar-refractivity contribution < 1.29 is 24.2 Å². The number of amides is 3. The lowest BCUT2D eigenvalue weighted by molar-refractivity contribution is -0.138. The van der Waals surface area contributed by atoms with Gasteiger partial charge < -0.3 is 25.8 Å². The van der Waals surface area contributed by atoms with Crippen molar-refractivity contribution in [2.75, 3.05) is 6.54 Å². The Bertz CT molecular complexity index is 432. The molecule has 1 fully saturated rings. The van der Waals surface area contributed by atoms with Gasteiger partial charge in [-0.2, -0.15) is 0 Å². The number of hydrogen-bond donors (Lipinski definition) is 3. The predicted molar refractivity (Wildman–Crippen MR) is 74.2 cm³/mol. The Balaban J connectivity index is 2.65. The summed E-state index contributed by atoms with van der Waals surface area (Å²) in [6.45, 7) is 6.62. The number of nitrogens with one attached hydrogen (secondary N) is 1. The maximum atomic E-state index is 12.2. The van der Waals surface area contributed by atoms with Gasteiger partial charge in [0.25, 0.3) is 0 Å². The number of carbonyl (C=O) groups excluding carboxylic acids is 3. The summed E-state index contributed by atoms with van der Waals surface area (Å²) in [6.07, 6.45) is -1.40. The summed E-state index contributed by atoms with van der Waals surface area (Å²) in [5.41, 5.74) is 4.54. The quantitative estimate of drug-likeness (QED) is 0.639. The van der Waals surface area contributed by atoms with E-state index in [1.54, 1.807) is 20.8 Å². The number of rotatable bonds is 3. The number of hydrogen-bond acceptors (Lipinski definition) is 5. The average Bonchev–Trinajstić information content (AvgIpc) is 2.67. The highest BCUT2D eigenvalue weighted by Gasteiger charge is 2.39. The van der Waals surface area contributed by atoms with Gasteiger partial charge in [0.15, 0.2) is 0 Å². The Morgan fingerprint density at radius 2 is 1.95 bits per heavy atom. The van der Waals surface area contributed by atoms with Crippen molar-refractivity contribution in [2.45, 2.75) is 57.9 Å². The lowest BCUT2D eigenvalue weighted by Gasteiger charge is -2.26. The monoisotopic (exact) mass is 301 g/mol. The van der Waals surface area contributed by atoms with Gasteiger partial charge in [-0.05, 0) is 27.7 Å². The smallest absolute Gasteiger partial charge is 0.408 e.